The highest BCUT2D eigenvalue weighted by Gasteiger charge is 2.67. The number of nitrogens with one attached hydrogen (secondary N) is 1. The summed E-state index contributed by atoms with van der Waals surface area (Å²) in [6, 6.07) is 5.11. The molecule has 134 valence electrons. The van der Waals surface area contributed by atoms with Crippen LogP contribution in [0.25, 0.3) is 0 Å². The average molecular weight is 436 g/mol. The molecule has 1 saturated heterocycles. The minimum atomic E-state index is -0.417. The molecular formula is C19H16BrClN2O3. The molecule has 1 aromatic rings. The first-order valence-corrected chi connectivity index (χ1v) is 9.91. The standard InChI is InChI=1S/C19H16BrClN2O3/c20-8-1-4-14(13(21)5-8)22-15(24)7-23-18(25)16-9-2-3-10(12-6-11(9)12)17(16)19(23)26/h1-5,9-12,16-17H,6-7H2,(H,22,24)/t9-,10-,11-,12+,16+,17+/m1/s1. The van der Waals surface area contributed by atoms with Gasteiger partial charge in [0.2, 0.25) is 17.7 Å². The summed E-state index contributed by atoms with van der Waals surface area (Å²) >= 11 is 9.42. The summed E-state index contributed by atoms with van der Waals surface area (Å²) < 4.78 is 0.802. The second kappa shape index (κ2) is 5.67. The van der Waals surface area contributed by atoms with E-state index in [-0.39, 0.29) is 42.0 Å². The molecule has 1 aromatic carbocycles. The van der Waals surface area contributed by atoms with E-state index in [2.05, 4.69) is 33.4 Å². The molecule has 6 atom stereocenters. The molecule has 0 spiro atoms. The van der Waals surface area contributed by atoms with Crippen molar-refractivity contribution >= 4 is 50.9 Å². The van der Waals surface area contributed by atoms with Gasteiger partial charge in [-0.25, -0.2) is 0 Å². The monoisotopic (exact) mass is 434 g/mol. The molecule has 0 aromatic heterocycles. The van der Waals surface area contributed by atoms with Crippen molar-refractivity contribution in [1.29, 1.82) is 0 Å². The lowest BCUT2D eigenvalue weighted by Gasteiger charge is -2.37. The fraction of sp³-hybridized carbons (Fsp3) is 0.421. The number of halogens is 2. The Balaban J connectivity index is 1.33. The normalized spacial score (nSPS) is 36.2. The maximum Gasteiger partial charge on any atom is 0.244 e. The molecule has 1 aliphatic heterocycles. The second-order valence-electron chi connectivity index (χ2n) is 7.59. The summed E-state index contributed by atoms with van der Waals surface area (Å²) in [5.74, 6) is 0.0942. The zero-order valence-electron chi connectivity index (χ0n) is 13.7. The Morgan fingerprint density at radius 3 is 2.35 bits per heavy atom. The SMILES string of the molecule is O=C(CN1C(=O)[C@H]2[C@@H]3C=C[C@H]([C@@H]4C[C@H]34)[C@@H]2C1=O)Nc1ccc(Br)cc1Cl. The first-order chi connectivity index (χ1) is 12.5. The molecule has 26 heavy (non-hydrogen) atoms. The maximum atomic E-state index is 12.9. The average Bonchev–Trinajstić information content (AvgIpc) is 3.39. The van der Waals surface area contributed by atoms with Gasteiger partial charge in [0, 0.05) is 4.47 Å². The minimum absolute atomic E-state index is 0.167. The predicted octanol–water partition coefficient (Wildman–Crippen LogP) is 3.09. The molecule has 3 fully saturated rings. The van der Waals surface area contributed by atoms with Gasteiger partial charge in [-0.3, -0.25) is 19.3 Å². The van der Waals surface area contributed by atoms with E-state index < -0.39 is 5.91 Å². The first kappa shape index (κ1) is 16.5. The van der Waals surface area contributed by atoms with E-state index in [1.54, 1.807) is 18.2 Å². The van der Waals surface area contributed by atoms with Crippen LogP contribution in [-0.2, 0) is 14.4 Å². The number of rotatable bonds is 3. The molecule has 2 bridgehead atoms. The molecule has 3 amide bonds. The van der Waals surface area contributed by atoms with Crippen LogP contribution < -0.4 is 5.32 Å². The van der Waals surface area contributed by atoms with E-state index in [1.165, 1.54) is 0 Å². The number of amides is 3. The number of hydrogen-bond donors (Lipinski definition) is 1. The summed E-state index contributed by atoms with van der Waals surface area (Å²) in [4.78, 5) is 39.3. The van der Waals surface area contributed by atoms with Gasteiger partial charge in [0.05, 0.1) is 22.5 Å². The molecule has 5 aliphatic rings. The number of nitrogens with zero attached hydrogens (tertiary/aromatic N) is 1. The molecule has 7 heteroatoms. The van der Waals surface area contributed by atoms with E-state index in [0.717, 1.165) is 15.8 Å². The Kier molecular flexibility index (Phi) is 3.60. The lowest BCUT2D eigenvalue weighted by Crippen LogP contribution is -2.40. The van der Waals surface area contributed by atoms with Crippen LogP contribution in [0.5, 0.6) is 0 Å². The Labute approximate surface area is 163 Å². The van der Waals surface area contributed by atoms with Crippen LogP contribution in [0.3, 0.4) is 0 Å². The third kappa shape index (κ3) is 2.31. The zero-order chi connectivity index (χ0) is 18.2. The third-order valence-corrected chi connectivity index (χ3v) is 7.07. The van der Waals surface area contributed by atoms with Gasteiger partial charge in [-0.2, -0.15) is 0 Å². The van der Waals surface area contributed by atoms with Gasteiger partial charge in [0.15, 0.2) is 0 Å². The van der Waals surface area contributed by atoms with Gasteiger partial charge in [-0.15, -0.1) is 0 Å². The zero-order valence-corrected chi connectivity index (χ0v) is 16.0. The summed E-state index contributed by atoms with van der Waals surface area (Å²) in [6.07, 6.45) is 5.37. The minimum Gasteiger partial charge on any atom is -0.323 e. The van der Waals surface area contributed by atoms with Gasteiger partial charge < -0.3 is 5.32 Å². The van der Waals surface area contributed by atoms with Crippen molar-refractivity contribution in [1.82, 2.24) is 4.90 Å². The van der Waals surface area contributed by atoms with Crippen LogP contribution in [-0.4, -0.2) is 29.2 Å². The lowest BCUT2D eigenvalue weighted by atomic mass is 9.63. The molecular weight excluding hydrogens is 420 g/mol. The summed E-state index contributed by atoms with van der Waals surface area (Å²) in [5, 5.41) is 3.08. The number of carbonyl (C=O) groups is 3. The Morgan fingerprint density at radius 1 is 1.15 bits per heavy atom. The summed E-state index contributed by atoms with van der Waals surface area (Å²) in [5.41, 5.74) is 0.458. The topological polar surface area (TPSA) is 66.5 Å². The van der Waals surface area contributed by atoms with Gasteiger partial charge >= 0.3 is 0 Å². The summed E-state index contributed by atoms with van der Waals surface area (Å²) in [6.45, 7) is -0.258. The van der Waals surface area contributed by atoms with Crippen molar-refractivity contribution in [2.24, 2.45) is 35.5 Å². The maximum absolute atomic E-state index is 12.9. The predicted molar refractivity (Wildman–Crippen MR) is 99.2 cm³/mol. The van der Waals surface area contributed by atoms with Crippen molar-refractivity contribution in [3.63, 3.8) is 0 Å². The number of anilines is 1. The van der Waals surface area contributed by atoms with Crippen LogP contribution in [0.2, 0.25) is 5.02 Å². The van der Waals surface area contributed by atoms with Crippen molar-refractivity contribution in [3.05, 3.63) is 39.8 Å². The Morgan fingerprint density at radius 2 is 1.77 bits per heavy atom. The summed E-state index contributed by atoms with van der Waals surface area (Å²) in [7, 11) is 0. The van der Waals surface area contributed by atoms with E-state index in [4.69, 9.17) is 11.6 Å². The van der Waals surface area contributed by atoms with Crippen LogP contribution in [0.15, 0.2) is 34.8 Å². The number of hydrogen-bond acceptors (Lipinski definition) is 3. The molecule has 5 nitrogen and oxygen atoms in total. The number of allylic oxidation sites excluding steroid dienone is 2. The van der Waals surface area contributed by atoms with Crippen LogP contribution in [0.4, 0.5) is 5.69 Å². The van der Waals surface area contributed by atoms with E-state index in [0.29, 0.717) is 22.5 Å². The smallest absolute Gasteiger partial charge is 0.244 e. The lowest BCUT2D eigenvalue weighted by molar-refractivity contribution is -0.142. The highest BCUT2D eigenvalue weighted by Crippen LogP contribution is 2.65. The van der Waals surface area contributed by atoms with E-state index in [9.17, 15) is 14.4 Å². The van der Waals surface area contributed by atoms with Gasteiger partial charge in [0.25, 0.3) is 0 Å². The van der Waals surface area contributed by atoms with Crippen molar-refractivity contribution in [3.8, 4) is 0 Å². The highest BCUT2D eigenvalue weighted by molar-refractivity contribution is 9.10. The highest BCUT2D eigenvalue weighted by atomic mass is 79.9. The molecule has 1 N–H and O–H groups in total. The van der Waals surface area contributed by atoms with Crippen LogP contribution in [0, 0.1) is 35.5 Å². The fourth-order valence-corrected chi connectivity index (χ4v) is 5.82. The van der Waals surface area contributed by atoms with E-state index in [1.807, 2.05) is 0 Å². The largest absolute Gasteiger partial charge is 0.323 e. The van der Waals surface area contributed by atoms with Crippen molar-refractivity contribution in [2.45, 2.75) is 6.42 Å². The Bertz CT molecular complexity index is 850. The van der Waals surface area contributed by atoms with Gasteiger partial charge in [-0.1, -0.05) is 39.7 Å². The Hall–Kier alpha value is -1.66. The quantitative estimate of drug-likeness (QED) is 0.586. The number of carbonyl (C=O) groups excluding carboxylic acids is 3. The molecule has 1 heterocycles. The molecule has 0 radical (unpaired) electrons. The number of benzene rings is 1. The second-order valence-corrected chi connectivity index (χ2v) is 8.91. The van der Waals surface area contributed by atoms with Gasteiger partial charge in [-0.05, 0) is 48.3 Å². The number of likely N-dealkylation sites (tertiary alicyclic amines) is 1. The molecule has 2 saturated carbocycles. The molecule has 0 unspecified atom stereocenters. The van der Waals surface area contributed by atoms with Crippen LogP contribution in [0.1, 0.15) is 6.42 Å². The third-order valence-electron chi connectivity index (χ3n) is 6.26. The number of imide groups is 1. The van der Waals surface area contributed by atoms with E-state index >= 15 is 0 Å². The van der Waals surface area contributed by atoms with Crippen LogP contribution >= 0.6 is 27.5 Å². The van der Waals surface area contributed by atoms with Crippen molar-refractivity contribution < 1.29 is 14.4 Å². The van der Waals surface area contributed by atoms with Crippen molar-refractivity contribution in [2.75, 3.05) is 11.9 Å². The molecule has 4 aliphatic carbocycles. The fourth-order valence-electron chi connectivity index (χ4n) is 5.10. The van der Waals surface area contributed by atoms with Gasteiger partial charge in [0.1, 0.15) is 6.54 Å². The molecule has 6 rings (SSSR count). The first-order valence-electron chi connectivity index (χ1n) is 8.74.